The summed E-state index contributed by atoms with van der Waals surface area (Å²) in [5.74, 6) is 0.813. The number of aryl methyl sites for hydroxylation is 1. The molecule has 0 amide bonds. The number of sulfonamides is 1. The number of aromatic nitrogens is 3. The molecular formula is C18H17Cl2N5O2S. The number of fused-ring (bicyclic) bond motifs is 1. The van der Waals surface area contributed by atoms with E-state index in [0.29, 0.717) is 17.3 Å². The predicted molar refractivity (Wildman–Crippen MR) is 109 cm³/mol. The Morgan fingerprint density at radius 1 is 1.11 bits per heavy atom. The van der Waals surface area contributed by atoms with Gasteiger partial charge in [-0.3, -0.25) is 4.72 Å². The van der Waals surface area contributed by atoms with Gasteiger partial charge in [0.25, 0.3) is 10.0 Å². The van der Waals surface area contributed by atoms with Crippen molar-refractivity contribution in [2.45, 2.75) is 24.3 Å². The van der Waals surface area contributed by atoms with Crippen molar-refractivity contribution in [3.8, 4) is 0 Å². The molecule has 0 fully saturated rings. The van der Waals surface area contributed by atoms with Gasteiger partial charge in [-0.15, -0.1) is 5.10 Å². The summed E-state index contributed by atoms with van der Waals surface area (Å²) >= 11 is 11.9. The largest absolute Gasteiger partial charge is 0.349 e. The van der Waals surface area contributed by atoms with Crippen LogP contribution in [0.2, 0.25) is 10.0 Å². The van der Waals surface area contributed by atoms with Crippen molar-refractivity contribution >= 4 is 44.7 Å². The van der Waals surface area contributed by atoms with E-state index in [1.54, 1.807) is 12.1 Å². The Balaban J connectivity index is 1.61. The minimum atomic E-state index is -3.81. The van der Waals surface area contributed by atoms with Gasteiger partial charge in [0.05, 0.1) is 20.6 Å². The average Bonchev–Trinajstić information content (AvgIpc) is 3.15. The maximum Gasteiger partial charge on any atom is 0.261 e. The van der Waals surface area contributed by atoms with Crippen LogP contribution in [-0.4, -0.2) is 30.4 Å². The number of nitrogens with one attached hydrogen (secondary N) is 2. The fourth-order valence-electron chi connectivity index (χ4n) is 3.18. The second-order valence-corrected chi connectivity index (χ2v) is 8.95. The number of aromatic amines is 1. The van der Waals surface area contributed by atoms with Crippen LogP contribution in [-0.2, 0) is 23.0 Å². The van der Waals surface area contributed by atoms with Crippen LogP contribution >= 0.6 is 23.2 Å². The van der Waals surface area contributed by atoms with Crippen LogP contribution in [0.4, 0.5) is 11.5 Å². The normalized spacial score (nSPS) is 14.0. The van der Waals surface area contributed by atoms with Gasteiger partial charge in [0.1, 0.15) is 5.69 Å². The number of anilines is 2. The first kappa shape index (κ1) is 19.0. The Morgan fingerprint density at radius 2 is 1.93 bits per heavy atom. The molecule has 3 aromatic rings. The molecule has 4 rings (SSSR count). The average molecular weight is 438 g/mol. The lowest BCUT2D eigenvalue weighted by molar-refractivity contribution is 0.601. The molecule has 28 heavy (non-hydrogen) atoms. The van der Waals surface area contributed by atoms with Gasteiger partial charge in [-0.2, -0.15) is 10.3 Å². The Labute approximate surface area is 172 Å². The van der Waals surface area contributed by atoms with Crippen LogP contribution in [0.1, 0.15) is 17.7 Å². The molecule has 0 atom stereocenters. The molecular weight excluding hydrogens is 421 g/mol. The molecule has 1 aromatic heterocycles. The molecule has 0 saturated carbocycles. The summed E-state index contributed by atoms with van der Waals surface area (Å²) in [5.41, 5.74) is 2.27. The minimum absolute atomic E-state index is 0.0495. The standard InChI is InChI=1S/C18H17Cl2N5O2S/c19-14-8-7-13(10-15(14)20)28(26,27)23-16-5-2-1-4-12(16)11-25-9-3-6-17-18(25)22-24-21-17/h1-2,4-5,7-8,10,23H,3,6,9,11H2,(H,21,22,24). The molecule has 2 aromatic carbocycles. The summed E-state index contributed by atoms with van der Waals surface area (Å²) in [7, 11) is -3.81. The predicted octanol–water partition coefficient (Wildman–Crippen LogP) is 3.87. The number of halogens is 2. The maximum absolute atomic E-state index is 12.8. The highest BCUT2D eigenvalue weighted by Gasteiger charge is 2.23. The third-order valence-corrected chi connectivity index (χ3v) is 6.67. The molecule has 2 N–H and O–H groups in total. The first-order valence-electron chi connectivity index (χ1n) is 8.64. The Kier molecular flexibility index (Phi) is 5.18. The zero-order valence-electron chi connectivity index (χ0n) is 14.7. The quantitative estimate of drug-likeness (QED) is 0.631. The third kappa shape index (κ3) is 3.80. The van der Waals surface area contributed by atoms with E-state index in [4.69, 9.17) is 23.2 Å². The molecule has 7 nitrogen and oxygen atoms in total. The van der Waals surface area contributed by atoms with E-state index in [0.717, 1.165) is 36.5 Å². The molecule has 0 unspecified atom stereocenters. The summed E-state index contributed by atoms with van der Waals surface area (Å²) < 4.78 is 28.3. The monoisotopic (exact) mass is 437 g/mol. The van der Waals surface area contributed by atoms with Gasteiger partial charge in [-0.05, 0) is 42.7 Å². The number of hydrogen-bond donors (Lipinski definition) is 2. The van der Waals surface area contributed by atoms with E-state index < -0.39 is 10.0 Å². The number of H-pyrrole nitrogens is 1. The van der Waals surface area contributed by atoms with Crippen molar-refractivity contribution in [3.63, 3.8) is 0 Å². The van der Waals surface area contributed by atoms with Crippen LogP contribution in [0.15, 0.2) is 47.4 Å². The number of para-hydroxylation sites is 1. The van der Waals surface area contributed by atoms with Crippen molar-refractivity contribution in [1.82, 2.24) is 15.4 Å². The Bertz CT molecular complexity index is 1120. The van der Waals surface area contributed by atoms with E-state index in [9.17, 15) is 8.42 Å². The highest BCUT2D eigenvalue weighted by atomic mass is 35.5. The van der Waals surface area contributed by atoms with E-state index in [1.165, 1.54) is 18.2 Å². The molecule has 0 bridgehead atoms. The van der Waals surface area contributed by atoms with Crippen LogP contribution in [0.25, 0.3) is 0 Å². The summed E-state index contributed by atoms with van der Waals surface area (Å²) in [6.07, 6.45) is 1.85. The SMILES string of the molecule is O=S(=O)(Nc1ccccc1CN1CCCc2n[nH]nc21)c1ccc(Cl)c(Cl)c1. The molecule has 1 aliphatic rings. The minimum Gasteiger partial charge on any atom is -0.349 e. The molecule has 0 saturated heterocycles. The van der Waals surface area contributed by atoms with Gasteiger partial charge < -0.3 is 4.90 Å². The molecule has 1 aliphatic heterocycles. The first-order valence-corrected chi connectivity index (χ1v) is 10.9. The lowest BCUT2D eigenvalue weighted by Gasteiger charge is -2.27. The Hall–Kier alpha value is -2.29. The molecule has 0 spiro atoms. The van der Waals surface area contributed by atoms with Crippen molar-refractivity contribution < 1.29 is 8.42 Å². The van der Waals surface area contributed by atoms with Gasteiger partial charge >= 0.3 is 0 Å². The van der Waals surface area contributed by atoms with Gasteiger partial charge in [0.15, 0.2) is 5.82 Å². The van der Waals surface area contributed by atoms with E-state index in [2.05, 4.69) is 25.0 Å². The first-order chi connectivity index (χ1) is 13.4. The molecule has 0 aliphatic carbocycles. The molecule has 10 heteroatoms. The highest BCUT2D eigenvalue weighted by molar-refractivity contribution is 7.92. The van der Waals surface area contributed by atoms with Gasteiger partial charge in [0, 0.05) is 13.1 Å². The number of nitrogens with zero attached hydrogens (tertiary/aromatic N) is 3. The molecule has 146 valence electrons. The van der Waals surface area contributed by atoms with Crippen molar-refractivity contribution in [2.75, 3.05) is 16.2 Å². The van der Waals surface area contributed by atoms with E-state index in [1.807, 2.05) is 12.1 Å². The number of rotatable bonds is 5. The fraction of sp³-hybridized carbons (Fsp3) is 0.222. The summed E-state index contributed by atoms with van der Waals surface area (Å²) in [4.78, 5) is 2.14. The van der Waals surface area contributed by atoms with Crippen LogP contribution < -0.4 is 9.62 Å². The fourth-order valence-corrected chi connectivity index (χ4v) is 4.67. The maximum atomic E-state index is 12.8. The molecule has 2 heterocycles. The lowest BCUT2D eigenvalue weighted by Crippen LogP contribution is -2.29. The third-order valence-electron chi connectivity index (χ3n) is 4.56. The van der Waals surface area contributed by atoms with Crippen LogP contribution in [0, 0.1) is 0 Å². The van der Waals surface area contributed by atoms with Crippen molar-refractivity contribution in [2.24, 2.45) is 0 Å². The zero-order valence-corrected chi connectivity index (χ0v) is 17.0. The van der Waals surface area contributed by atoms with Crippen LogP contribution in [0.3, 0.4) is 0 Å². The van der Waals surface area contributed by atoms with Crippen LogP contribution in [0.5, 0.6) is 0 Å². The van der Waals surface area contributed by atoms with Gasteiger partial charge in [-0.1, -0.05) is 41.4 Å². The van der Waals surface area contributed by atoms with Crippen molar-refractivity contribution in [3.05, 3.63) is 63.8 Å². The van der Waals surface area contributed by atoms with E-state index in [-0.39, 0.29) is 9.92 Å². The summed E-state index contributed by atoms with van der Waals surface area (Å²) in [6, 6.07) is 11.5. The Morgan fingerprint density at radius 3 is 2.75 bits per heavy atom. The second kappa shape index (κ2) is 7.62. The summed E-state index contributed by atoms with van der Waals surface area (Å²) in [6.45, 7) is 1.34. The molecule has 0 radical (unpaired) electrons. The lowest BCUT2D eigenvalue weighted by atomic mass is 10.1. The van der Waals surface area contributed by atoms with Gasteiger partial charge in [-0.25, -0.2) is 8.42 Å². The zero-order chi connectivity index (χ0) is 19.7. The highest BCUT2D eigenvalue weighted by Crippen LogP contribution is 2.29. The smallest absolute Gasteiger partial charge is 0.261 e. The number of benzene rings is 2. The summed E-state index contributed by atoms with van der Waals surface area (Å²) in [5, 5.41) is 11.6. The second-order valence-electron chi connectivity index (χ2n) is 6.46. The topological polar surface area (TPSA) is 91.0 Å². The number of hydrogen-bond acceptors (Lipinski definition) is 5. The van der Waals surface area contributed by atoms with Gasteiger partial charge in [0.2, 0.25) is 0 Å². The van der Waals surface area contributed by atoms with E-state index >= 15 is 0 Å². The van der Waals surface area contributed by atoms with Crippen molar-refractivity contribution in [1.29, 1.82) is 0 Å².